The number of allylic oxidation sites excluding steroid dienone is 1. The molecule has 0 aromatic rings. The van der Waals surface area contributed by atoms with Crippen molar-refractivity contribution in [3.8, 4) is 0 Å². The van der Waals surface area contributed by atoms with Crippen molar-refractivity contribution < 1.29 is 13.8 Å². The SMILES string of the molecule is CC(=O)C1(C(C)=O)[C@@H]2C=C[C@@H](CC2)S1=O. The highest BCUT2D eigenvalue weighted by Crippen LogP contribution is 2.43. The van der Waals surface area contributed by atoms with Crippen LogP contribution < -0.4 is 0 Å². The minimum Gasteiger partial charge on any atom is -0.298 e. The molecule has 4 heteroatoms. The van der Waals surface area contributed by atoms with E-state index in [0.29, 0.717) is 0 Å². The molecule has 2 aliphatic heterocycles. The Bertz CT molecular complexity index is 369. The van der Waals surface area contributed by atoms with Crippen molar-refractivity contribution in [1.82, 2.24) is 0 Å². The molecule has 15 heavy (non-hydrogen) atoms. The maximum atomic E-state index is 12.2. The predicted octanol–water partition coefficient (Wildman–Crippen LogP) is 1.00. The fourth-order valence-electron chi connectivity index (χ4n) is 2.75. The summed E-state index contributed by atoms with van der Waals surface area (Å²) in [6, 6.07) is 0. The van der Waals surface area contributed by atoms with Crippen molar-refractivity contribution in [1.29, 1.82) is 0 Å². The molecule has 82 valence electrons. The van der Waals surface area contributed by atoms with Gasteiger partial charge in [-0.3, -0.25) is 13.8 Å². The van der Waals surface area contributed by atoms with Crippen LogP contribution in [-0.4, -0.2) is 25.8 Å². The number of ketones is 2. The smallest absolute Gasteiger partial charge is 0.168 e. The van der Waals surface area contributed by atoms with Gasteiger partial charge in [0.2, 0.25) is 0 Å². The molecular weight excluding hydrogens is 212 g/mol. The van der Waals surface area contributed by atoms with Crippen molar-refractivity contribution in [2.24, 2.45) is 5.92 Å². The highest BCUT2D eigenvalue weighted by molar-refractivity contribution is 7.89. The molecular formula is C11H14O3S. The lowest BCUT2D eigenvalue weighted by Crippen LogP contribution is -2.60. The Morgan fingerprint density at radius 1 is 1.20 bits per heavy atom. The van der Waals surface area contributed by atoms with E-state index in [1.807, 2.05) is 12.2 Å². The second-order valence-corrected chi connectivity index (χ2v) is 6.10. The molecule has 1 fully saturated rings. The molecule has 2 bridgehead atoms. The van der Waals surface area contributed by atoms with E-state index in [2.05, 4.69) is 0 Å². The molecule has 0 amide bonds. The highest BCUT2D eigenvalue weighted by atomic mass is 32.2. The monoisotopic (exact) mass is 226 g/mol. The van der Waals surface area contributed by atoms with Crippen molar-refractivity contribution in [3.05, 3.63) is 12.2 Å². The van der Waals surface area contributed by atoms with E-state index >= 15 is 0 Å². The molecule has 0 saturated carbocycles. The van der Waals surface area contributed by atoms with Gasteiger partial charge in [0.25, 0.3) is 0 Å². The van der Waals surface area contributed by atoms with Gasteiger partial charge in [-0.15, -0.1) is 0 Å². The summed E-state index contributed by atoms with van der Waals surface area (Å²) in [5.74, 6) is -0.641. The number of carbonyl (C=O) groups is 2. The van der Waals surface area contributed by atoms with Gasteiger partial charge in [-0.1, -0.05) is 12.2 Å². The second kappa shape index (κ2) is 3.37. The zero-order valence-electron chi connectivity index (χ0n) is 8.86. The molecule has 3 aliphatic rings. The van der Waals surface area contributed by atoms with Crippen LogP contribution in [0.5, 0.6) is 0 Å². The van der Waals surface area contributed by atoms with Crippen LogP contribution in [0, 0.1) is 5.92 Å². The molecule has 0 radical (unpaired) electrons. The van der Waals surface area contributed by atoms with Crippen LogP contribution in [0.3, 0.4) is 0 Å². The number of carbonyl (C=O) groups excluding carboxylic acids is 2. The van der Waals surface area contributed by atoms with Crippen molar-refractivity contribution in [3.63, 3.8) is 0 Å². The van der Waals surface area contributed by atoms with E-state index in [-0.39, 0.29) is 22.7 Å². The Hall–Kier alpha value is -0.770. The lowest BCUT2D eigenvalue weighted by atomic mass is 9.78. The van der Waals surface area contributed by atoms with Crippen LogP contribution >= 0.6 is 0 Å². The van der Waals surface area contributed by atoms with Crippen LogP contribution in [0.1, 0.15) is 26.7 Å². The van der Waals surface area contributed by atoms with Crippen LogP contribution in [0.4, 0.5) is 0 Å². The minimum atomic E-state index is -1.37. The zero-order chi connectivity index (χ0) is 11.2. The Balaban J connectivity index is 2.58. The van der Waals surface area contributed by atoms with Gasteiger partial charge >= 0.3 is 0 Å². The third kappa shape index (κ3) is 1.20. The van der Waals surface area contributed by atoms with Crippen molar-refractivity contribution in [2.75, 3.05) is 0 Å². The van der Waals surface area contributed by atoms with E-state index in [1.54, 1.807) is 0 Å². The average molecular weight is 226 g/mol. The van der Waals surface area contributed by atoms with E-state index in [1.165, 1.54) is 13.8 Å². The Morgan fingerprint density at radius 2 is 1.80 bits per heavy atom. The molecule has 0 aromatic carbocycles. The summed E-state index contributed by atoms with van der Waals surface area (Å²) in [5.41, 5.74) is 0. The van der Waals surface area contributed by atoms with E-state index in [0.717, 1.165) is 12.8 Å². The van der Waals surface area contributed by atoms with Crippen molar-refractivity contribution >= 4 is 22.4 Å². The first-order chi connectivity index (χ1) is 7.01. The van der Waals surface area contributed by atoms with Gasteiger partial charge in [0, 0.05) is 5.92 Å². The summed E-state index contributed by atoms with van der Waals surface area (Å²) >= 11 is 0. The molecule has 0 N–H and O–H groups in total. The summed E-state index contributed by atoms with van der Waals surface area (Å²) in [7, 11) is -1.37. The van der Waals surface area contributed by atoms with Crippen LogP contribution in [0.25, 0.3) is 0 Å². The normalized spacial score (nSPS) is 36.5. The quantitative estimate of drug-likeness (QED) is 0.521. The van der Waals surface area contributed by atoms with E-state index < -0.39 is 15.5 Å². The third-order valence-electron chi connectivity index (χ3n) is 3.48. The lowest BCUT2D eigenvalue weighted by Gasteiger charge is -2.44. The fraction of sp³-hybridized carbons (Fsp3) is 0.636. The summed E-state index contributed by atoms with van der Waals surface area (Å²) in [6.45, 7) is 2.77. The standard InChI is InChI=1S/C11H14O3S/c1-7(12)11(8(2)13)9-3-5-10(6-4-9)15(11)14/h3,5,9-10H,4,6H2,1-2H3/t9-,10+,15?/m1/s1. The predicted molar refractivity (Wildman–Crippen MR) is 57.9 cm³/mol. The maximum Gasteiger partial charge on any atom is 0.168 e. The van der Waals surface area contributed by atoms with Crippen molar-refractivity contribution in [2.45, 2.75) is 36.7 Å². The summed E-state index contributed by atoms with van der Waals surface area (Å²) in [6.07, 6.45) is 5.43. The number of fused-ring (bicyclic) bond motifs is 2. The van der Waals surface area contributed by atoms with Crippen LogP contribution in [0.15, 0.2) is 12.2 Å². The van der Waals surface area contributed by atoms with E-state index in [9.17, 15) is 13.8 Å². The Labute approximate surface area is 91.4 Å². The third-order valence-corrected chi connectivity index (χ3v) is 5.94. The molecule has 3 atom stereocenters. The summed E-state index contributed by atoms with van der Waals surface area (Å²) in [5, 5.41) is -0.109. The first kappa shape index (κ1) is 10.7. The maximum absolute atomic E-state index is 12.2. The van der Waals surface area contributed by atoms with Gasteiger partial charge in [-0.25, -0.2) is 0 Å². The molecule has 2 heterocycles. The first-order valence-corrected chi connectivity index (χ1v) is 6.33. The molecule has 1 aliphatic carbocycles. The van der Waals surface area contributed by atoms with Gasteiger partial charge in [-0.2, -0.15) is 0 Å². The molecule has 0 aromatic heterocycles. The zero-order valence-corrected chi connectivity index (χ0v) is 9.67. The average Bonchev–Trinajstić information content (AvgIpc) is 2.18. The minimum absolute atomic E-state index is 0.109. The van der Waals surface area contributed by atoms with Gasteiger partial charge in [-0.05, 0) is 26.7 Å². The fourth-order valence-corrected chi connectivity index (χ4v) is 4.88. The van der Waals surface area contributed by atoms with Gasteiger partial charge in [0.05, 0.1) is 16.0 Å². The highest BCUT2D eigenvalue weighted by Gasteiger charge is 2.57. The van der Waals surface area contributed by atoms with Crippen LogP contribution in [-0.2, 0) is 20.4 Å². The number of Topliss-reactive ketones (excluding diaryl/α,β-unsaturated/α-hetero) is 2. The lowest BCUT2D eigenvalue weighted by molar-refractivity contribution is -0.130. The topological polar surface area (TPSA) is 51.2 Å². The van der Waals surface area contributed by atoms with Gasteiger partial charge < -0.3 is 0 Å². The molecule has 0 spiro atoms. The molecule has 1 unspecified atom stereocenters. The van der Waals surface area contributed by atoms with Crippen LogP contribution in [0.2, 0.25) is 0 Å². The Kier molecular flexibility index (Phi) is 2.41. The van der Waals surface area contributed by atoms with Gasteiger partial charge in [0.1, 0.15) is 0 Å². The first-order valence-electron chi connectivity index (χ1n) is 5.12. The van der Waals surface area contributed by atoms with E-state index in [4.69, 9.17) is 0 Å². The number of hydrogen-bond donors (Lipinski definition) is 0. The molecule has 3 nitrogen and oxygen atoms in total. The molecule has 1 saturated heterocycles. The van der Waals surface area contributed by atoms with Gasteiger partial charge in [0.15, 0.2) is 16.3 Å². The molecule has 3 rings (SSSR count). The number of hydrogen-bond acceptors (Lipinski definition) is 3. The number of rotatable bonds is 2. The second-order valence-electron chi connectivity index (χ2n) is 4.25. The summed E-state index contributed by atoms with van der Waals surface area (Å²) < 4.78 is 11.0. The largest absolute Gasteiger partial charge is 0.298 e. The summed E-state index contributed by atoms with van der Waals surface area (Å²) in [4.78, 5) is 23.4. The Morgan fingerprint density at radius 3 is 2.07 bits per heavy atom.